The first-order valence-electron chi connectivity index (χ1n) is 8.15. The zero-order valence-electron chi connectivity index (χ0n) is 14.2. The molecule has 1 fully saturated rings. The molecule has 0 bridgehead atoms. The van der Waals surface area contributed by atoms with E-state index in [-0.39, 0.29) is 6.61 Å². The number of ether oxygens (including phenoxy) is 2. The van der Waals surface area contributed by atoms with Crippen molar-refractivity contribution in [2.45, 2.75) is 24.3 Å². The Labute approximate surface area is 161 Å². The van der Waals surface area contributed by atoms with Gasteiger partial charge >= 0.3 is 5.97 Å². The maximum Gasteiger partial charge on any atom is 0.341 e. The number of esters is 1. The van der Waals surface area contributed by atoms with E-state index in [0.717, 1.165) is 25.0 Å². The Morgan fingerprint density at radius 3 is 2.59 bits per heavy atom. The van der Waals surface area contributed by atoms with E-state index in [1.165, 1.54) is 0 Å². The third kappa shape index (κ3) is 5.18. The molecule has 0 aromatic heterocycles. The lowest BCUT2D eigenvalue weighted by Gasteiger charge is -2.12. The van der Waals surface area contributed by atoms with E-state index in [1.54, 1.807) is 18.2 Å². The molecule has 9 heteroatoms. The maximum absolute atomic E-state index is 14.0. The number of nitrogens with two attached hydrogens (primary N) is 1. The molecule has 1 aliphatic rings. The van der Waals surface area contributed by atoms with Crippen LogP contribution in [0.4, 0.5) is 4.39 Å². The molecule has 0 atom stereocenters. The average Bonchev–Trinajstić information content (AvgIpc) is 3.42. The van der Waals surface area contributed by atoms with E-state index < -0.39 is 32.3 Å². The lowest BCUT2D eigenvalue weighted by molar-refractivity contribution is 0.0463. The molecule has 27 heavy (non-hydrogen) atoms. The van der Waals surface area contributed by atoms with Crippen LogP contribution in [0.3, 0.4) is 0 Å². The number of halogens is 2. The van der Waals surface area contributed by atoms with Crippen LogP contribution in [0.2, 0.25) is 5.02 Å². The third-order valence-corrected chi connectivity index (χ3v) is 5.19. The predicted octanol–water partition coefficient (Wildman–Crippen LogP) is 3.27. The normalized spacial score (nSPS) is 14.0. The van der Waals surface area contributed by atoms with Crippen molar-refractivity contribution in [2.24, 2.45) is 11.1 Å². The van der Waals surface area contributed by atoms with Crippen LogP contribution in [0.5, 0.6) is 5.75 Å². The van der Waals surface area contributed by atoms with Gasteiger partial charge in [-0.1, -0.05) is 11.6 Å². The highest BCUT2D eigenvalue weighted by molar-refractivity contribution is 7.89. The van der Waals surface area contributed by atoms with Crippen molar-refractivity contribution in [3.63, 3.8) is 0 Å². The number of primary sulfonamides is 1. The van der Waals surface area contributed by atoms with E-state index in [4.69, 9.17) is 26.2 Å². The van der Waals surface area contributed by atoms with Crippen molar-refractivity contribution in [1.82, 2.24) is 0 Å². The molecular weight excluding hydrogens is 397 g/mol. The van der Waals surface area contributed by atoms with Gasteiger partial charge in [0.1, 0.15) is 18.2 Å². The summed E-state index contributed by atoms with van der Waals surface area (Å²) in [6, 6.07) is 7.70. The molecule has 0 aliphatic heterocycles. The first kappa shape index (κ1) is 19.6. The molecule has 0 radical (unpaired) electrons. The van der Waals surface area contributed by atoms with Crippen molar-refractivity contribution in [1.29, 1.82) is 0 Å². The molecule has 2 aromatic rings. The molecule has 0 heterocycles. The first-order chi connectivity index (χ1) is 12.7. The molecule has 144 valence electrons. The SMILES string of the molecule is NS(=O)(=O)c1ccc(C(=O)OCc2cc(Cl)ccc2OCC2CC2)c(F)c1. The van der Waals surface area contributed by atoms with E-state index >= 15 is 0 Å². The number of rotatable bonds is 7. The van der Waals surface area contributed by atoms with Gasteiger partial charge in [-0.15, -0.1) is 0 Å². The lowest BCUT2D eigenvalue weighted by Crippen LogP contribution is -2.14. The average molecular weight is 414 g/mol. The van der Waals surface area contributed by atoms with Crippen LogP contribution < -0.4 is 9.88 Å². The predicted molar refractivity (Wildman–Crippen MR) is 96.6 cm³/mol. The molecule has 6 nitrogen and oxygen atoms in total. The molecule has 1 aliphatic carbocycles. The quantitative estimate of drug-likeness (QED) is 0.703. The van der Waals surface area contributed by atoms with Crippen LogP contribution in [0, 0.1) is 11.7 Å². The highest BCUT2D eigenvalue weighted by atomic mass is 35.5. The minimum absolute atomic E-state index is 0.171. The fourth-order valence-corrected chi connectivity index (χ4v) is 3.07. The molecule has 2 aromatic carbocycles. The molecule has 0 unspecified atom stereocenters. The second-order valence-corrected chi connectivity index (χ2v) is 8.27. The summed E-state index contributed by atoms with van der Waals surface area (Å²) in [5, 5.41) is 5.38. The molecule has 1 saturated carbocycles. The summed E-state index contributed by atoms with van der Waals surface area (Å²) in [5.74, 6) is -0.893. The molecule has 0 saturated heterocycles. The fraction of sp³-hybridized carbons (Fsp3) is 0.278. The zero-order chi connectivity index (χ0) is 19.6. The topological polar surface area (TPSA) is 95.7 Å². The van der Waals surface area contributed by atoms with E-state index in [1.807, 2.05) is 0 Å². The largest absolute Gasteiger partial charge is 0.493 e. The van der Waals surface area contributed by atoms with Crippen LogP contribution in [-0.2, 0) is 21.4 Å². The number of hydrogen-bond acceptors (Lipinski definition) is 5. The molecule has 3 rings (SSSR count). The Balaban J connectivity index is 1.71. The summed E-state index contributed by atoms with van der Waals surface area (Å²) < 4.78 is 47.4. The highest BCUT2D eigenvalue weighted by Crippen LogP contribution is 2.31. The number of sulfonamides is 1. The maximum atomic E-state index is 14.0. The van der Waals surface area contributed by atoms with Gasteiger partial charge in [-0.3, -0.25) is 0 Å². The Kier molecular flexibility index (Phi) is 5.69. The van der Waals surface area contributed by atoms with Gasteiger partial charge in [0.05, 0.1) is 17.1 Å². The van der Waals surface area contributed by atoms with E-state index in [0.29, 0.717) is 34.9 Å². The van der Waals surface area contributed by atoms with Crippen LogP contribution in [0.1, 0.15) is 28.8 Å². The molecule has 2 N–H and O–H groups in total. The fourth-order valence-electron chi connectivity index (χ4n) is 2.35. The standard InChI is InChI=1S/C18H17ClFNO5S/c19-13-3-6-17(25-9-11-1-2-11)12(7-13)10-26-18(22)15-5-4-14(8-16(15)20)27(21,23)24/h3-8,11H,1-2,9-10H2,(H2,21,23,24). The van der Waals surface area contributed by atoms with Crippen molar-refractivity contribution in [3.05, 3.63) is 58.4 Å². The van der Waals surface area contributed by atoms with Crippen molar-refractivity contribution >= 4 is 27.6 Å². The Morgan fingerprint density at radius 2 is 1.96 bits per heavy atom. The van der Waals surface area contributed by atoms with E-state index in [2.05, 4.69) is 0 Å². The number of benzene rings is 2. The summed E-state index contributed by atoms with van der Waals surface area (Å²) in [5.41, 5.74) is 0.156. The minimum atomic E-state index is -4.07. The second-order valence-electron chi connectivity index (χ2n) is 6.27. The van der Waals surface area contributed by atoms with Crippen molar-refractivity contribution in [3.8, 4) is 5.75 Å². The Morgan fingerprint density at radius 1 is 1.22 bits per heavy atom. The monoisotopic (exact) mass is 413 g/mol. The van der Waals surface area contributed by atoms with Crippen LogP contribution in [-0.4, -0.2) is 21.0 Å². The zero-order valence-corrected chi connectivity index (χ0v) is 15.7. The molecule has 0 spiro atoms. The Bertz CT molecular complexity index is 976. The van der Waals surface area contributed by atoms with Gasteiger partial charge in [-0.25, -0.2) is 22.7 Å². The van der Waals surface area contributed by atoms with Gasteiger partial charge in [0.2, 0.25) is 10.0 Å². The summed E-state index contributed by atoms with van der Waals surface area (Å²) in [6.45, 7) is 0.405. The van der Waals surface area contributed by atoms with Crippen LogP contribution >= 0.6 is 11.6 Å². The number of carbonyl (C=O) groups is 1. The van der Waals surface area contributed by atoms with Crippen LogP contribution in [0.25, 0.3) is 0 Å². The van der Waals surface area contributed by atoms with Crippen LogP contribution in [0.15, 0.2) is 41.3 Å². The second kappa shape index (κ2) is 7.84. The van der Waals surface area contributed by atoms with Crippen molar-refractivity contribution < 1.29 is 27.1 Å². The minimum Gasteiger partial charge on any atom is -0.493 e. The lowest BCUT2D eigenvalue weighted by atomic mass is 10.2. The third-order valence-electron chi connectivity index (χ3n) is 4.04. The van der Waals surface area contributed by atoms with Crippen molar-refractivity contribution in [2.75, 3.05) is 6.61 Å². The molecule has 0 amide bonds. The highest BCUT2D eigenvalue weighted by Gasteiger charge is 2.23. The number of hydrogen-bond donors (Lipinski definition) is 1. The summed E-state index contributed by atoms with van der Waals surface area (Å²) >= 11 is 5.98. The van der Waals surface area contributed by atoms with Gasteiger partial charge in [-0.05, 0) is 55.2 Å². The van der Waals surface area contributed by atoms with Gasteiger partial charge in [0.25, 0.3) is 0 Å². The van der Waals surface area contributed by atoms with Gasteiger partial charge in [0, 0.05) is 10.6 Å². The van der Waals surface area contributed by atoms with E-state index in [9.17, 15) is 17.6 Å². The van der Waals surface area contributed by atoms with Gasteiger partial charge < -0.3 is 9.47 Å². The summed E-state index contributed by atoms with van der Waals surface area (Å²) in [4.78, 5) is 11.7. The van der Waals surface area contributed by atoms with Gasteiger partial charge in [-0.2, -0.15) is 0 Å². The first-order valence-corrected chi connectivity index (χ1v) is 10.1. The Hall–Kier alpha value is -2.16. The molecular formula is C18H17ClFNO5S. The summed E-state index contributed by atoms with van der Waals surface area (Å²) in [6.07, 6.45) is 2.26. The number of carbonyl (C=O) groups excluding carboxylic acids is 1. The smallest absolute Gasteiger partial charge is 0.341 e. The summed E-state index contributed by atoms with van der Waals surface area (Å²) in [7, 11) is -4.07. The van der Waals surface area contributed by atoms with Gasteiger partial charge in [0.15, 0.2) is 0 Å².